The molecule has 1 atom stereocenters. The number of halogens is 2. The molecular formula is C13H17BrClNO. The van der Waals surface area contributed by atoms with Crippen LogP contribution in [-0.2, 0) is 6.42 Å². The Hall–Kier alpha value is -0.510. The van der Waals surface area contributed by atoms with Gasteiger partial charge < -0.3 is 10.5 Å². The minimum Gasteiger partial charge on any atom is -0.487 e. The molecule has 1 aromatic rings. The first kappa shape index (κ1) is 14.6. The summed E-state index contributed by atoms with van der Waals surface area (Å²) in [6, 6.07) is 6.08. The fourth-order valence-electron chi connectivity index (χ4n) is 1.45. The van der Waals surface area contributed by atoms with Gasteiger partial charge in [0.15, 0.2) is 0 Å². The van der Waals surface area contributed by atoms with Crippen LogP contribution in [-0.4, -0.2) is 12.6 Å². The van der Waals surface area contributed by atoms with Crippen molar-refractivity contribution in [2.45, 2.75) is 25.8 Å². The maximum Gasteiger partial charge on any atom is 0.137 e. The average molecular weight is 319 g/mol. The summed E-state index contributed by atoms with van der Waals surface area (Å²) in [6.07, 6.45) is 1.73. The predicted molar refractivity (Wildman–Crippen MR) is 76.6 cm³/mol. The molecule has 2 nitrogen and oxygen atoms in total. The largest absolute Gasteiger partial charge is 0.487 e. The Bertz CT molecular complexity index is 395. The highest BCUT2D eigenvalue weighted by Crippen LogP contribution is 2.30. The molecule has 0 aromatic heterocycles. The Morgan fingerprint density at radius 1 is 1.59 bits per heavy atom. The molecule has 0 radical (unpaired) electrons. The number of ether oxygens (including phenoxy) is 1. The zero-order valence-corrected chi connectivity index (χ0v) is 12.2. The first-order valence-corrected chi connectivity index (χ1v) is 6.70. The van der Waals surface area contributed by atoms with E-state index in [4.69, 9.17) is 22.1 Å². The van der Waals surface area contributed by atoms with Crippen LogP contribution >= 0.6 is 27.5 Å². The quantitative estimate of drug-likeness (QED) is 0.864. The summed E-state index contributed by atoms with van der Waals surface area (Å²) in [5.41, 5.74) is 7.05. The van der Waals surface area contributed by atoms with Crippen molar-refractivity contribution in [1.82, 2.24) is 0 Å². The van der Waals surface area contributed by atoms with Crippen LogP contribution in [0.1, 0.15) is 18.9 Å². The molecule has 4 heteroatoms. The summed E-state index contributed by atoms with van der Waals surface area (Å²) >= 11 is 9.18. The van der Waals surface area contributed by atoms with Crippen LogP contribution in [0.4, 0.5) is 0 Å². The molecule has 0 fully saturated rings. The van der Waals surface area contributed by atoms with Crippen LogP contribution in [0.2, 0.25) is 0 Å². The van der Waals surface area contributed by atoms with Crippen molar-refractivity contribution in [2.75, 3.05) is 6.61 Å². The van der Waals surface area contributed by atoms with Crippen molar-refractivity contribution in [2.24, 2.45) is 5.73 Å². The lowest BCUT2D eigenvalue weighted by atomic mass is 10.0. The summed E-state index contributed by atoms with van der Waals surface area (Å²) in [5, 5.41) is 0.478. The van der Waals surface area contributed by atoms with Crippen molar-refractivity contribution in [3.05, 3.63) is 39.8 Å². The number of rotatable bonds is 6. The number of nitrogens with two attached hydrogens (primary N) is 1. The van der Waals surface area contributed by atoms with Gasteiger partial charge in [-0.25, -0.2) is 0 Å². The van der Waals surface area contributed by atoms with E-state index in [1.54, 1.807) is 0 Å². The van der Waals surface area contributed by atoms with E-state index >= 15 is 0 Å². The Morgan fingerprint density at radius 2 is 2.29 bits per heavy atom. The van der Waals surface area contributed by atoms with E-state index in [1.165, 1.54) is 0 Å². The summed E-state index contributed by atoms with van der Waals surface area (Å²) in [7, 11) is 0. The lowest BCUT2D eigenvalue weighted by molar-refractivity contribution is 0.352. The Kier molecular flexibility index (Phi) is 6.03. The molecule has 0 saturated carbocycles. The van der Waals surface area contributed by atoms with Crippen LogP contribution in [0.25, 0.3) is 0 Å². The Morgan fingerprint density at radius 3 is 2.88 bits per heavy atom. The van der Waals surface area contributed by atoms with Crippen molar-refractivity contribution in [3.8, 4) is 5.75 Å². The molecule has 0 aliphatic carbocycles. The van der Waals surface area contributed by atoms with Gasteiger partial charge in [0.05, 0.1) is 4.47 Å². The molecule has 0 aliphatic rings. The second-order valence-corrected chi connectivity index (χ2v) is 5.30. The SMILES string of the molecule is C=C(Cl)COc1c(Br)cccc1CC(N)CC. The summed E-state index contributed by atoms with van der Waals surface area (Å²) < 4.78 is 6.55. The van der Waals surface area contributed by atoms with Gasteiger partial charge in [0, 0.05) is 11.1 Å². The molecule has 1 aromatic carbocycles. The van der Waals surface area contributed by atoms with Gasteiger partial charge in [-0.2, -0.15) is 0 Å². The molecule has 2 N–H and O–H groups in total. The molecule has 17 heavy (non-hydrogen) atoms. The lowest BCUT2D eigenvalue weighted by Gasteiger charge is -2.15. The topological polar surface area (TPSA) is 35.2 Å². The van der Waals surface area contributed by atoms with E-state index in [2.05, 4.69) is 29.4 Å². The van der Waals surface area contributed by atoms with Crippen molar-refractivity contribution >= 4 is 27.5 Å². The van der Waals surface area contributed by atoms with E-state index in [0.29, 0.717) is 11.6 Å². The van der Waals surface area contributed by atoms with Crippen molar-refractivity contribution < 1.29 is 4.74 Å². The van der Waals surface area contributed by atoms with Gasteiger partial charge in [0.1, 0.15) is 12.4 Å². The van der Waals surface area contributed by atoms with Gasteiger partial charge in [-0.3, -0.25) is 0 Å². The molecule has 0 aliphatic heterocycles. The second kappa shape index (κ2) is 7.04. The van der Waals surface area contributed by atoms with Crippen LogP contribution in [0.5, 0.6) is 5.75 Å². The molecule has 0 spiro atoms. The first-order chi connectivity index (χ1) is 8.04. The van der Waals surface area contributed by atoms with Gasteiger partial charge in [0.25, 0.3) is 0 Å². The Balaban J connectivity index is 2.87. The molecular weight excluding hydrogens is 302 g/mol. The number of hydrogen-bond acceptors (Lipinski definition) is 2. The van der Waals surface area contributed by atoms with Crippen LogP contribution in [0, 0.1) is 0 Å². The van der Waals surface area contributed by atoms with E-state index in [1.807, 2.05) is 18.2 Å². The maximum atomic E-state index is 5.97. The highest BCUT2D eigenvalue weighted by atomic mass is 79.9. The zero-order chi connectivity index (χ0) is 12.8. The average Bonchev–Trinajstić information content (AvgIpc) is 2.27. The third-order valence-corrected chi connectivity index (χ3v) is 3.16. The van der Waals surface area contributed by atoms with Crippen LogP contribution in [0.3, 0.4) is 0 Å². The normalized spacial score (nSPS) is 12.2. The minimum atomic E-state index is 0.144. The highest BCUT2D eigenvalue weighted by Gasteiger charge is 2.11. The maximum absolute atomic E-state index is 5.97. The molecule has 0 amide bonds. The molecule has 1 rings (SSSR count). The third kappa shape index (κ3) is 4.70. The van der Waals surface area contributed by atoms with E-state index in [-0.39, 0.29) is 6.04 Å². The summed E-state index contributed by atoms with van der Waals surface area (Å²) in [4.78, 5) is 0. The third-order valence-electron chi connectivity index (χ3n) is 2.43. The highest BCUT2D eigenvalue weighted by molar-refractivity contribution is 9.10. The minimum absolute atomic E-state index is 0.144. The number of benzene rings is 1. The van der Waals surface area contributed by atoms with Crippen LogP contribution in [0.15, 0.2) is 34.3 Å². The van der Waals surface area contributed by atoms with E-state index in [9.17, 15) is 0 Å². The summed E-state index contributed by atoms with van der Waals surface area (Å²) in [5.74, 6) is 0.804. The molecule has 1 unspecified atom stereocenters. The number of hydrogen-bond donors (Lipinski definition) is 1. The molecule has 0 saturated heterocycles. The van der Waals surface area contributed by atoms with E-state index in [0.717, 1.165) is 28.6 Å². The monoisotopic (exact) mass is 317 g/mol. The molecule has 94 valence electrons. The van der Waals surface area contributed by atoms with Gasteiger partial charge in [-0.15, -0.1) is 0 Å². The van der Waals surface area contributed by atoms with Gasteiger partial charge >= 0.3 is 0 Å². The standard InChI is InChI=1S/C13H17BrClNO/c1-3-11(16)7-10-5-4-6-12(14)13(10)17-8-9(2)15/h4-6,11H,2-3,7-8,16H2,1H3. The summed E-state index contributed by atoms with van der Waals surface area (Å²) in [6.45, 7) is 5.98. The van der Waals surface area contributed by atoms with Gasteiger partial charge in [0.2, 0.25) is 0 Å². The Labute approximate surface area is 116 Å². The van der Waals surface area contributed by atoms with Crippen molar-refractivity contribution in [1.29, 1.82) is 0 Å². The smallest absolute Gasteiger partial charge is 0.137 e. The van der Waals surface area contributed by atoms with Crippen LogP contribution < -0.4 is 10.5 Å². The van der Waals surface area contributed by atoms with Gasteiger partial charge in [-0.1, -0.05) is 37.2 Å². The predicted octanol–water partition coefficient (Wildman–Crippen LogP) is 3.86. The van der Waals surface area contributed by atoms with Gasteiger partial charge in [-0.05, 0) is 40.4 Å². The van der Waals surface area contributed by atoms with Crippen molar-refractivity contribution in [3.63, 3.8) is 0 Å². The fourth-order valence-corrected chi connectivity index (χ4v) is 2.03. The lowest BCUT2D eigenvalue weighted by Crippen LogP contribution is -2.21. The zero-order valence-electron chi connectivity index (χ0n) is 9.88. The second-order valence-electron chi connectivity index (χ2n) is 3.91. The van der Waals surface area contributed by atoms with E-state index < -0.39 is 0 Å². The fraction of sp³-hybridized carbons (Fsp3) is 0.385. The number of para-hydroxylation sites is 1. The molecule has 0 heterocycles. The molecule has 0 bridgehead atoms. The first-order valence-electron chi connectivity index (χ1n) is 5.53.